The molecule has 0 aliphatic carbocycles. The van der Waals surface area contributed by atoms with E-state index in [1.54, 1.807) is 0 Å². The number of aromatic nitrogens is 1. The fourth-order valence-corrected chi connectivity index (χ4v) is 3.86. The van der Waals surface area contributed by atoms with E-state index in [9.17, 15) is 18.0 Å². The van der Waals surface area contributed by atoms with Crippen molar-refractivity contribution in [3.05, 3.63) is 46.0 Å². The molecule has 1 aromatic heterocycles. The maximum atomic E-state index is 12.8. The van der Waals surface area contributed by atoms with E-state index in [-0.39, 0.29) is 5.56 Å². The summed E-state index contributed by atoms with van der Waals surface area (Å²) in [6.45, 7) is 4.89. The number of halogens is 3. The third-order valence-corrected chi connectivity index (χ3v) is 5.02. The third-order valence-electron chi connectivity index (χ3n) is 4.02. The summed E-state index contributed by atoms with van der Waals surface area (Å²) in [4.78, 5) is 20.1. The standard InChI is InChI=1S/C17H18F3N3OS/c1-2-7-23-8-6-13-14(10-23)25-16(21-13)22-15(24)11-4-3-5-12(9-11)17(18,19)20/h3-5,9H,2,6-8,10H2,1H3,(H,21,22,24). The largest absolute Gasteiger partial charge is 0.416 e. The smallest absolute Gasteiger partial charge is 0.298 e. The van der Waals surface area contributed by atoms with Crippen LogP contribution in [0.2, 0.25) is 0 Å². The van der Waals surface area contributed by atoms with Gasteiger partial charge < -0.3 is 0 Å². The zero-order valence-corrected chi connectivity index (χ0v) is 14.5. The quantitative estimate of drug-likeness (QED) is 0.879. The van der Waals surface area contributed by atoms with Crippen molar-refractivity contribution in [3.63, 3.8) is 0 Å². The summed E-state index contributed by atoms with van der Waals surface area (Å²) in [5.41, 5.74) is 0.0982. The number of thiazole rings is 1. The molecule has 25 heavy (non-hydrogen) atoms. The van der Waals surface area contributed by atoms with Crippen molar-refractivity contribution in [1.82, 2.24) is 9.88 Å². The average Bonchev–Trinajstić information content (AvgIpc) is 2.96. The highest BCUT2D eigenvalue weighted by molar-refractivity contribution is 7.15. The molecule has 8 heteroatoms. The molecule has 0 bridgehead atoms. The number of benzene rings is 1. The predicted molar refractivity (Wildman–Crippen MR) is 90.8 cm³/mol. The van der Waals surface area contributed by atoms with Gasteiger partial charge in [-0.05, 0) is 31.2 Å². The first-order chi connectivity index (χ1) is 11.9. The molecule has 3 rings (SSSR count). The van der Waals surface area contributed by atoms with Crippen molar-refractivity contribution in [2.24, 2.45) is 0 Å². The highest BCUT2D eigenvalue weighted by Crippen LogP contribution is 2.31. The Balaban J connectivity index is 1.72. The number of carbonyl (C=O) groups is 1. The Bertz CT molecular complexity index is 773. The van der Waals surface area contributed by atoms with Crippen molar-refractivity contribution in [1.29, 1.82) is 0 Å². The molecule has 0 saturated carbocycles. The van der Waals surface area contributed by atoms with Gasteiger partial charge in [0.05, 0.1) is 11.3 Å². The first kappa shape index (κ1) is 17.9. The van der Waals surface area contributed by atoms with Crippen LogP contribution in [0, 0.1) is 0 Å². The van der Waals surface area contributed by atoms with Crippen LogP contribution in [-0.2, 0) is 19.1 Å². The fraction of sp³-hybridized carbons (Fsp3) is 0.412. The summed E-state index contributed by atoms with van der Waals surface area (Å²) < 4.78 is 38.3. The number of nitrogens with one attached hydrogen (secondary N) is 1. The average molecular weight is 369 g/mol. The number of alkyl halides is 3. The molecule has 4 nitrogen and oxygen atoms in total. The van der Waals surface area contributed by atoms with E-state index in [1.165, 1.54) is 23.5 Å². The first-order valence-corrected chi connectivity index (χ1v) is 8.88. The van der Waals surface area contributed by atoms with Gasteiger partial charge in [0.2, 0.25) is 0 Å². The number of rotatable bonds is 4. The molecule has 0 radical (unpaired) electrons. The molecular weight excluding hydrogens is 351 g/mol. The van der Waals surface area contributed by atoms with Crippen molar-refractivity contribution >= 4 is 22.4 Å². The van der Waals surface area contributed by atoms with E-state index in [0.29, 0.717) is 5.13 Å². The van der Waals surface area contributed by atoms with Crippen LogP contribution in [0.15, 0.2) is 24.3 Å². The van der Waals surface area contributed by atoms with E-state index in [1.807, 2.05) is 0 Å². The molecular formula is C17H18F3N3OS. The Hall–Kier alpha value is -1.93. The fourth-order valence-electron chi connectivity index (χ4n) is 2.81. The number of carbonyl (C=O) groups excluding carboxylic acids is 1. The lowest BCUT2D eigenvalue weighted by Crippen LogP contribution is -2.30. The van der Waals surface area contributed by atoms with Crippen molar-refractivity contribution in [2.45, 2.75) is 32.5 Å². The van der Waals surface area contributed by atoms with Gasteiger partial charge in [-0.3, -0.25) is 15.0 Å². The number of anilines is 1. The molecule has 0 unspecified atom stereocenters. The maximum Gasteiger partial charge on any atom is 0.416 e. The van der Waals surface area contributed by atoms with Crippen LogP contribution >= 0.6 is 11.3 Å². The summed E-state index contributed by atoms with van der Waals surface area (Å²) in [6.07, 6.45) is -2.57. The molecule has 2 aromatic rings. The summed E-state index contributed by atoms with van der Waals surface area (Å²) in [5.74, 6) is -0.581. The molecule has 134 valence electrons. The number of hydrogen-bond acceptors (Lipinski definition) is 4. The lowest BCUT2D eigenvalue weighted by Gasteiger charge is -2.24. The monoisotopic (exact) mass is 369 g/mol. The molecule has 0 atom stereocenters. The molecule has 0 saturated heterocycles. The van der Waals surface area contributed by atoms with Crippen LogP contribution in [0.25, 0.3) is 0 Å². The zero-order chi connectivity index (χ0) is 18.0. The van der Waals surface area contributed by atoms with Gasteiger partial charge in [0.25, 0.3) is 5.91 Å². The lowest BCUT2D eigenvalue weighted by molar-refractivity contribution is -0.137. The van der Waals surface area contributed by atoms with E-state index >= 15 is 0 Å². The number of nitrogens with zero attached hydrogens (tertiary/aromatic N) is 2. The van der Waals surface area contributed by atoms with Gasteiger partial charge in [-0.25, -0.2) is 4.98 Å². The molecule has 1 N–H and O–H groups in total. The van der Waals surface area contributed by atoms with Gasteiger partial charge in [0, 0.05) is 30.0 Å². The van der Waals surface area contributed by atoms with Gasteiger partial charge >= 0.3 is 6.18 Å². The van der Waals surface area contributed by atoms with Crippen molar-refractivity contribution < 1.29 is 18.0 Å². The summed E-state index contributed by atoms with van der Waals surface area (Å²) in [6, 6.07) is 4.39. The van der Waals surface area contributed by atoms with Gasteiger partial charge in [-0.1, -0.05) is 13.0 Å². The third kappa shape index (κ3) is 4.19. The van der Waals surface area contributed by atoms with E-state index < -0.39 is 17.6 Å². The van der Waals surface area contributed by atoms with Gasteiger partial charge in [-0.2, -0.15) is 13.2 Å². The van der Waals surface area contributed by atoms with Crippen LogP contribution in [0.1, 0.15) is 39.8 Å². The van der Waals surface area contributed by atoms with Gasteiger partial charge in [0.15, 0.2) is 5.13 Å². The highest BCUT2D eigenvalue weighted by Gasteiger charge is 2.31. The van der Waals surface area contributed by atoms with Gasteiger partial charge in [0.1, 0.15) is 0 Å². The molecule has 1 amide bonds. The number of hydrogen-bond donors (Lipinski definition) is 1. The van der Waals surface area contributed by atoms with E-state index in [4.69, 9.17) is 0 Å². The normalized spacial score (nSPS) is 15.0. The highest BCUT2D eigenvalue weighted by atomic mass is 32.1. The predicted octanol–water partition coefficient (Wildman–Crippen LogP) is 4.18. The topological polar surface area (TPSA) is 45.2 Å². The van der Waals surface area contributed by atoms with E-state index in [2.05, 4.69) is 22.1 Å². The first-order valence-electron chi connectivity index (χ1n) is 8.06. The van der Waals surface area contributed by atoms with E-state index in [0.717, 1.165) is 55.2 Å². The van der Waals surface area contributed by atoms with Crippen LogP contribution in [-0.4, -0.2) is 28.9 Å². The number of amides is 1. The second-order valence-electron chi connectivity index (χ2n) is 5.95. The minimum atomic E-state index is -4.47. The molecule has 1 aromatic carbocycles. The van der Waals surface area contributed by atoms with Crippen LogP contribution in [0.5, 0.6) is 0 Å². The summed E-state index contributed by atoms with van der Waals surface area (Å²) in [5, 5.41) is 3.06. The lowest BCUT2D eigenvalue weighted by atomic mass is 10.1. The number of fused-ring (bicyclic) bond motifs is 1. The summed E-state index contributed by atoms with van der Waals surface area (Å²) in [7, 11) is 0. The van der Waals surface area contributed by atoms with Crippen molar-refractivity contribution in [3.8, 4) is 0 Å². The zero-order valence-electron chi connectivity index (χ0n) is 13.7. The van der Waals surface area contributed by atoms with Crippen LogP contribution in [0.3, 0.4) is 0 Å². The summed E-state index contributed by atoms with van der Waals surface area (Å²) >= 11 is 1.39. The molecule has 1 aliphatic rings. The maximum absolute atomic E-state index is 12.8. The van der Waals surface area contributed by atoms with Crippen LogP contribution in [0.4, 0.5) is 18.3 Å². The Morgan fingerprint density at radius 3 is 2.92 bits per heavy atom. The molecule has 0 fully saturated rings. The Morgan fingerprint density at radius 1 is 1.40 bits per heavy atom. The SMILES string of the molecule is CCCN1CCc2nc(NC(=O)c3cccc(C(F)(F)F)c3)sc2C1. The minimum absolute atomic E-state index is 0.0318. The van der Waals surface area contributed by atoms with Gasteiger partial charge in [-0.15, -0.1) is 11.3 Å². The van der Waals surface area contributed by atoms with Crippen molar-refractivity contribution in [2.75, 3.05) is 18.4 Å². The molecule has 0 spiro atoms. The Kier molecular flexibility index (Phi) is 5.10. The Morgan fingerprint density at radius 2 is 2.20 bits per heavy atom. The second-order valence-corrected chi connectivity index (χ2v) is 7.03. The molecule has 2 heterocycles. The molecule has 1 aliphatic heterocycles. The second kappa shape index (κ2) is 7.13. The van der Waals surface area contributed by atoms with Crippen LogP contribution < -0.4 is 5.32 Å². The Labute approximate surface area is 147 Å². The minimum Gasteiger partial charge on any atom is -0.298 e.